The van der Waals surface area contributed by atoms with Crippen LogP contribution in [-0.2, 0) is 12.6 Å². The normalized spacial score (nSPS) is 12.2. The number of halogens is 3. The number of aromatic nitrogens is 1. The van der Waals surface area contributed by atoms with Crippen molar-refractivity contribution in [2.24, 2.45) is 10.7 Å². The molecule has 0 unspecified atom stereocenters. The lowest BCUT2D eigenvalue weighted by atomic mass is 9.96. The number of pyridine rings is 1. The molecule has 0 fully saturated rings. The molecule has 7 heteroatoms. The number of unbranched alkanes of at least 4 members (excludes halogenated alkanes) is 2. The Morgan fingerprint density at radius 3 is 2.39 bits per heavy atom. The number of alkyl halides is 3. The highest BCUT2D eigenvalue weighted by Crippen LogP contribution is 2.36. The van der Waals surface area contributed by atoms with Crippen molar-refractivity contribution in [3.05, 3.63) is 46.8 Å². The number of carbonyl (C=O) groups excluding carboxylic acids is 1. The van der Waals surface area contributed by atoms with E-state index in [0.29, 0.717) is 41.5 Å². The Morgan fingerprint density at radius 1 is 1.16 bits per heavy atom. The van der Waals surface area contributed by atoms with E-state index in [4.69, 9.17) is 5.73 Å². The topological polar surface area (TPSA) is 68.3 Å². The zero-order valence-corrected chi connectivity index (χ0v) is 18.7. The molecule has 0 atom stereocenters. The summed E-state index contributed by atoms with van der Waals surface area (Å²) in [4.78, 5) is 19.9. The molecule has 0 amide bonds. The van der Waals surface area contributed by atoms with Crippen molar-refractivity contribution in [1.29, 1.82) is 0 Å². The summed E-state index contributed by atoms with van der Waals surface area (Å²) in [5.74, 6) is 0. The molecule has 0 aliphatic heterocycles. The first kappa shape index (κ1) is 26.5. The Bertz CT molecular complexity index is 918. The van der Waals surface area contributed by atoms with Gasteiger partial charge in [0.05, 0.1) is 16.8 Å². The van der Waals surface area contributed by atoms with Crippen molar-refractivity contribution in [3.8, 4) is 0 Å². The Kier molecular flexibility index (Phi) is 11.1. The first-order valence-corrected chi connectivity index (χ1v) is 10.6. The third-order valence-corrected chi connectivity index (χ3v) is 4.47. The largest absolute Gasteiger partial charge is 0.416 e. The van der Waals surface area contributed by atoms with Gasteiger partial charge in [0.25, 0.3) is 0 Å². The van der Waals surface area contributed by atoms with E-state index in [0.717, 1.165) is 18.9 Å². The first-order valence-electron chi connectivity index (χ1n) is 10.6. The molecule has 2 aromatic rings. The minimum Gasteiger partial charge on any atom is -0.330 e. The van der Waals surface area contributed by atoms with Gasteiger partial charge in [0.2, 0.25) is 0 Å². The number of aldehydes is 1. The van der Waals surface area contributed by atoms with Crippen LogP contribution < -0.4 is 5.73 Å². The minimum atomic E-state index is -4.49. The average Bonchev–Trinajstić information content (AvgIpc) is 2.73. The van der Waals surface area contributed by atoms with Gasteiger partial charge in [-0.3, -0.25) is 9.79 Å². The quantitative estimate of drug-likeness (QED) is 0.288. The molecule has 0 spiro atoms. The van der Waals surface area contributed by atoms with E-state index in [1.54, 1.807) is 32.3 Å². The number of rotatable bonds is 8. The van der Waals surface area contributed by atoms with Crippen LogP contribution >= 0.6 is 0 Å². The van der Waals surface area contributed by atoms with Crippen molar-refractivity contribution in [1.82, 2.24) is 4.98 Å². The summed E-state index contributed by atoms with van der Waals surface area (Å²) in [6, 6.07) is 4.07. The number of fused-ring (bicyclic) bond motifs is 1. The van der Waals surface area contributed by atoms with Crippen molar-refractivity contribution < 1.29 is 18.0 Å². The fraction of sp³-hybridized carbons (Fsp3) is 0.458. The van der Waals surface area contributed by atoms with E-state index >= 15 is 0 Å². The first-order chi connectivity index (χ1) is 14.7. The molecule has 0 aliphatic rings. The SMILES string of the molecule is CC=N/C=C(\C)c1cc(C=O)c2cc(CCCCCN)c(C(F)(F)F)cc2n1.CCC. The second-order valence-corrected chi connectivity index (χ2v) is 7.26. The van der Waals surface area contributed by atoms with Gasteiger partial charge in [-0.05, 0) is 69.0 Å². The molecule has 1 heterocycles. The Morgan fingerprint density at radius 2 is 1.84 bits per heavy atom. The molecule has 0 radical (unpaired) electrons. The van der Waals surface area contributed by atoms with Gasteiger partial charge in [0, 0.05) is 23.4 Å². The maximum Gasteiger partial charge on any atom is 0.416 e. The van der Waals surface area contributed by atoms with Crippen LogP contribution in [0.25, 0.3) is 16.5 Å². The van der Waals surface area contributed by atoms with Crippen LogP contribution in [0.2, 0.25) is 0 Å². The molecular formula is C24H32F3N3O. The van der Waals surface area contributed by atoms with Crippen LogP contribution in [0.4, 0.5) is 13.2 Å². The summed E-state index contributed by atoms with van der Waals surface area (Å²) in [6.07, 6.45) is 2.95. The number of allylic oxidation sites excluding steroid dienone is 1. The third kappa shape index (κ3) is 7.90. The van der Waals surface area contributed by atoms with Gasteiger partial charge < -0.3 is 5.73 Å². The van der Waals surface area contributed by atoms with Gasteiger partial charge in [0.15, 0.2) is 6.29 Å². The number of nitrogens with two attached hydrogens (primary N) is 1. The van der Waals surface area contributed by atoms with Gasteiger partial charge in [-0.1, -0.05) is 26.7 Å². The highest BCUT2D eigenvalue weighted by atomic mass is 19.4. The highest BCUT2D eigenvalue weighted by Gasteiger charge is 2.33. The van der Waals surface area contributed by atoms with Crippen LogP contribution in [0, 0.1) is 0 Å². The number of carbonyl (C=O) groups is 1. The van der Waals surface area contributed by atoms with Crippen LogP contribution in [0.1, 0.15) is 80.6 Å². The van der Waals surface area contributed by atoms with Gasteiger partial charge in [0.1, 0.15) is 0 Å². The second kappa shape index (κ2) is 13.0. The molecule has 0 bridgehead atoms. The fourth-order valence-electron chi connectivity index (χ4n) is 3.00. The Balaban J connectivity index is 0.00000151. The second-order valence-electron chi connectivity index (χ2n) is 7.26. The number of nitrogens with zero attached hydrogens (tertiary/aromatic N) is 2. The smallest absolute Gasteiger partial charge is 0.330 e. The Hall–Kier alpha value is -2.54. The summed E-state index contributed by atoms with van der Waals surface area (Å²) >= 11 is 0. The predicted octanol–water partition coefficient (Wildman–Crippen LogP) is 6.61. The van der Waals surface area contributed by atoms with E-state index in [-0.39, 0.29) is 17.5 Å². The lowest BCUT2D eigenvalue weighted by Gasteiger charge is -2.15. The standard InChI is InChI=1S/C21H24F3N3O.C3H8/c1-3-26-12-14(2)19-10-16(13-28)17-9-15(7-5-4-6-8-25)18(21(22,23)24)11-20(17)27-19;1-3-2/h3,9-13H,4-8,25H2,1-2H3;3H2,1-2H3/b14-12+,26-3?;. The summed E-state index contributed by atoms with van der Waals surface area (Å²) in [5, 5.41) is 0.423. The molecule has 0 saturated heterocycles. The van der Waals surface area contributed by atoms with E-state index in [2.05, 4.69) is 23.8 Å². The van der Waals surface area contributed by atoms with Crippen LogP contribution in [0.5, 0.6) is 0 Å². The van der Waals surface area contributed by atoms with Crippen LogP contribution in [0.3, 0.4) is 0 Å². The van der Waals surface area contributed by atoms with E-state index < -0.39 is 11.7 Å². The number of hydrogen-bond donors (Lipinski definition) is 1. The summed E-state index contributed by atoms with van der Waals surface area (Å²) < 4.78 is 40.8. The molecule has 4 nitrogen and oxygen atoms in total. The van der Waals surface area contributed by atoms with E-state index in [9.17, 15) is 18.0 Å². The van der Waals surface area contributed by atoms with Crippen molar-refractivity contribution in [2.45, 2.75) is 66.0 Å². The molecule has 0 saturated carbocycles. The highest BCUT2D eigenvalue weighted by molar-refractivity contribution is 5.98. The van der Waals surface area contributed by atoms with Gasteiger partial charge in [-0.25, -0.2) is 4.98 Å². The molecule has 1 aromatic carbocycles. The number of aryl methyl sites for hydroxylation is 1. The third-order valence-electron chi connectivity index (χ3n) is 4.47. The minimum absolute atomic E-state index is 0.144. The van der Waals surface area contributed by atoms with Gasteiger partial charge >= 0.3 is 6.18 Å². The maximum atomic E-state index is 13.6. The van der Waals surface area contributed by atoms with Crippen molar-refractivity contribution in [3.63, 3.8) is 0 Å². The fourth-order valence-corrected chi connectivity index (χ4v) is 3.00. The monoisotopic (exact) mass is 435 g/mol. The molecule has 0 aliphatic carbocycles. The molecule has 31 heavy (non-hydrogen) atoms. The predicted molar refractivity (Wildman–Crippen MR) is 123 cm³/mol. The molecule has 170 valence electrons. The van der Waals surface area contributed by atoms with E-state index in [1.165, 1.54) is 12.5 Å². The summed E-state index contributed by atoms with van der Waals surface area (Å²) in [5.41, 5.74) is 6.45. The average molecular weight is 436 g/mol. The zero-order valence-electron chi connectivity index (χ0n) is 18.7. The lowest BCUT2D eigenvalue weighted by molar-refractivity contribution is -0.138. The Labute approximate surface area is 182 Å². The van der Waals surface area contributed by atoms with Crippen molar-refractivity contribution in [2.75, 3.05) is 6.54 Å². The lowest BCUT2D eigenvalue weighted by Crippen LogP contribution is -2.10. The number of benzene rings is 1. The summed E-state index contributed by atoms with van der Waals surface area (Å²) in [6.45, 7) is 8.26. The summed E-state index contributed by atoms with van der Waals surface area (Å²) in [7, 11) is 0. The number of hydrogen-bond acceptors (Lipinski definition) is 4. The zero-order chi connectivity index (χ0) is 23.4. The van der Waals surface area contributed by atoms with Crippen molar-refractivity contribution >= 4 is 29.0 Å². The van der Waals surface area contributed by atoms with Gasteiger partial charge in [-0.2, -0.15) is 13.2 Å². The maximum absolute atomic E-state index is 13.6. The molecule has 2 rings (SSSR count). The van der Waals surface area contributed by atoms with Crippen LogP contribution in [0.15, 0.2) is 29.4 Å². The molecule has 2 N–H and O–H groups in total. The number of aliphatic imine (C=N–C) groups is 1. The van der Waals surface area contributed by atoms with Crippen LogP contribution in [-0.4, -0.2) is 24.0 Å². The van der Waals surface area contributed by atoms with Gasteiger partial charge in [-0.15, -0.1) is 0 Å². The van der Waals surface area contributed by atoms with E-state index in [1.807, 2.05) is 0 Å². The molecular weight excluding hydrogens is 403 g/mol. The molecule has 1 aromatic heterocycles.